The molecule has 0 aromatic carbocycles. The zero-order chi connectivity index (χ0) is 15.0. The third-order valence-corrected chi connectivity index (χ3v) is 5.05. The summed E-state index contributed by atoms with van der Waals surface area (Å²) in [6, 6.07) is 2.09. The smallest absolute Gasteiger partial charge is 0.128 e. The number of aryl methyl sites for hydroxylation is 1. The summed E-state index contributed by atoms with van der Waals surface area (Å²) in [5.41, 5.74) is 1.92. The molecule has 3 aromatic rings. The first-order chi connectivity index (χ1) is 10.1. The van der Waals surface area contributed by atoms with Crippen molar-refractivity contribution in [3.63, 3.8) is 0 Å². The fourth-order valence-electron chi connectivity index (χ4n) is 2.45. The molecule has 3 aromatic heterocycles. The molecule has 6 heteroatoms. The van der Waals surface area contributed by atoms with Crippen LogP contribution >= 0.6 is 22.9 Å². The lowest BCUT2D eigenvalue weighted by Crippen LogP contribution is -2.11. The quantitative estimate of drug-likeness (QED) is 0.671. The normalized spacial score (nSPS) is 14.5. The number of alkyl halides is 1. The molecule has 4 nitrogen and oxygen atoms in total. The van der Waals surface area contributed by atoms with Gasteiger partial charge in [-0.15, -0.1) is 22.9 Å². The molecule has 21 heavy (non-hydrogen) atoms. The maximum atomic E-state index is 6.32. The van der Waals surface area contributed by atoms with Crippen molar-refractivity contribution in [1.82, 2.24) is 19.5 Å². The van der Waals surface area contributed by atoms with Crippen LogP contribution in [0.15, 0.2) is 24.7 Å². The van der Waals surface area contributed by atoms with Crippen molar-refractivity contribution in [1.29, 1.82) is 0 Å². The lowest BCUT2D eigenvalue weighted by Gasteiger charge is -2.16. The maximum absolute atomic E-state index is 6.32. The van der Waals surface area contributed by atoms with E-state index in [9.17, 15) is 0 Å². The van der Waals surface area contributed by atoms with Gasteiger partial charge in [-0.05, 0) is 26.3 Å². The van der Waals surface area contributed by atoms with Gasteiger partial charge >= 0.3 is 0 Å². The lowest BCUT2D eigenvalue weighted by molar-refractivity contribution is 0.615. The largest absolute Gasteiger partial charge is 0.317 e. The number of hydrogen-bond donors (Lipinski definition) is 0. The van der Waals surface area contributed by atoms with E-state index in [1.54, 1.807) is 23.7 Å². The van der Waals surface area contributed by atoms with Gasteiger partial charge in [-0.2, -0.15) is 0 Å². The summed E-state index contributed by atoms with van der Waals surface area (Å²) in [6.45, 7) is 6.23. The Bertz CT molecular complexity index is 762. The van der Waals surface area contributed by atoms with Crippen LogP contribution in [0.5, 0.6) is 0 Å². The maximum Gasteiger partial charge on any atom is 0.128 e. The van der Waals surface area contributed by atoms with E-state index in [-0.39, 0.29) is 11.4 Å². The minimum Gasteiger partial charge on any atom is -0.317 e. The molecule has 0 saturated heterocycles. The van der Waals surface area contributed by atoms with E-state index in [1.165, 1.54) is 4.88 Å². The molecule has 0 aliphatic heterocycles. The molecule has 3 rings (SSSR count). The van der Waals surface area contributed by atoms with Gasteiger partial charge < -0.3 is 4.57 Å². The Kier molecular flexibility index (Phi) is 3.95. The third-order valence-electron chi connectivity index (χ3n) is 3.54. The second-order valence-corrected chi connectivity index (χ2v) is 6.82. The molecule has 0 saturated carbocycles. The Morgan fingerprint density at radius 1 is 1.33 bits per heavy atom. The summed E-state index contributed by atoms with van der Waals surface area (Å²) < 4.78 is 2.17. The standard InChI is InChI=1S/C15H17ClN4S/c1-4-11-7-18-15(21-11)10(3)20-13-5-6-17-8-12(13)19-14(20)9(2)16/h5-10H,4H2,1-3H3. The molecule has 2 atom stereocenters. The van der Waals surface area contributed by atoms with Crippen molar-refractivity contribution in [2.45, 2.75) is 38.6 Å². The van der Waals surface area contributed by atoms with Gasteiger partial charge in [-0.25, -0.2) is 9.97 Å². The van der Waals surface area contributed by atoms with E-state index in [1.807, 2.05) is 19.2 Å². The van der Waals surface area contributed by atoms with Crippen LogP contribution in [0.25, 0.3) is 11.0 Å². The second-order valence-electron chi connectivity index (χ2n) is 5.01. The number of halogens is 1. The van der Waals surface area contributed by atoms with Crippen LogP contribution in [0.3, 0.4) is 0 Å². The van der Waals surface area contributed by atoms with Crippen molar-refractivity contribution in [2.24, 2.45) is 0 Å². The molecule has 3 heterocycles. The number of pyridine rings is 1. The molecule has 0 bridgehead atoms. The average molecular weight is 321 g/mol. The monoisotopic (exact) mass is 320 g/mol. The summed E-state index contributed by atoms with van der Waals surface area (Å²) >= 11 is 8.07. The number of rotatable bonds is 4. The first kappa shape index (κ1) is 14.5. The van der Waals surface area contributed by atoms with E-state index < -0.39 is 0 Å². The Morgan fingerprint density at radius 3 is 2.81 bits per heavy atom. The third kappa shape index (κ3) is 2.56. The van der Waals surface area contributed by atoms with Crippen molar-refractivity contribution >= 4 is 34.0 Å². The Balaban J connectivity index is 2.15. The van der Waals surface area contributed by atoms with Gasteiger partial charge in [-0.3, -0.25) is 4.98 Å². The highest BCUT2D eigenvalue weighted by molar-refractivity contribution is 7.11. The van der Waals surface area contributed by atoms with Gasteiger partial charge in [0.2, 0.25) is 0 Å². The molecule has 0 amide bonds. The lowest BCUT2D eigenvalue weighted by atomic mass is 10.3. The Hall–Kier alpha value is -1.46. The number of imidazole rings is 1. The first-order valence-corrected chi connectivity index (χ1v) is 8.27. The summed E-state index contributed by atoms with van der Waals surface area (Å²) in [7, 11) is 0. The average Bonchev–Trinajstić information content (AvgIpc) is 3.11. The molecule has 2 unspecified atom stereocenters. The van der Waals surface area contributed by atoms with Crippen LogP contribution < -0.4 is 0 Å². The van der Waals surface area contributed by atoms with Crippen molar-refractivity contribution in [2.75, 3.05) is 0 Å². The van der Waals surface area contributed by atoms with Crippen LogP contribution in [-0.4, -0.2) is 19.5 Å². The van der Waals surface area contributed by atoms with Crippen LogP contribution in [0.1, 0.15) is 47.9 Å². The summed E-state index contributed by atoms with van der Waals surface area (Å²) in [5.74, 6) is 0.861. The highest BCUT2D eigenvalue weighted by atomic mass is 35.5. The van der Waals surface area contributed by atoms with E-state index in [2.05, 4.69) is 33.4 Å². The zero-order valence-electron chi connectivity index (χ0n) is 12.2. The predicted octanol–water partition coefficient (Wildman–Crippen LogP) is 4.36. The van der Waals surface area contributed by atoms with Gasteiger partial charge in [0.15, 0.2) is 0 Å². The van der Waals surface area contributed by atoms with E-state index in [0.29, 0.717) is 0 Å². The summed E-state index contributed by atoms with van der Waals surface area (Å²) in [5, 5.41) is 0.923. The van der Waals surface area contributed by atoms with Gasteiger partial charge in [0.25, 0.3) is 0 Å². The molecule has 0 aliphatic carbocycles. The highest BCUT2D eigenvalue weighted by Gasteiger charge is 2.22. The molecule has 0 spiro atoms. The van der Waals surface area contributed by atoms with Crippen molar-refractivity contribution in [3.05, 3.63) is 40.4 Å². The fraction of sp³-hybridized carbons (Fsp3) is 0.400. The van der Waals surface area contributed by atoms with E-state index in [0.717, 1.165) is 28.3 Å². The predicted molar refractivity (Wildman–Crippen MR) is 87.1 cm³/mol. The number of nitrogens with zero attached hydrogens (tertiary/aromatic N) is 4. The number of thiazole rings is 1. The number of aromatic nitrogens is 4. The van der Waals surface area contributed by atoms with Crippen LogP contribution in [-0.2, 0) is 6.42 Å². The van der Waals surface area contributed by atoms with E-state index in [4.69, 9.17) is 11.6 Å². The Morgan fingerprint density at radius 2 is 2.14 bits per heavy atom. The van der Waals surface area contributed by atoms with Gasteiger partial charge in [0, 0.05) is 17.3 Å². The number of hydrogen-bond acceptors (Lipinski definition) is 4. The van der Waals surface area contributed by atoms with Crippen LogP contribution in [0.2, 0.25) is 0 Å². The Labute approximate surface area is 132 Å². The number of fused-ring (bicyclic) bond motifs is 1. The molecule has 110 valence electrons. The van der Waals surface area contributed by atoms with Crippen LogP contribution in [0, 0.1) is 0 Å². The molecule has 0 fully saturated rings. The molecule has 0 aliphatic rings. The minimum atomic E-state index is -0.162. The van der Waals surface area contributed by atoms with Crippen LogP contribution in [0.4, 0.5) is 0 Å². The second kappa shape index (κ2) is 5.73. The summed E-state index contributed by atoms with van der Waals surface area (Å²) in [4.78, 5) is 14.6. The van der Waals surface area contributed by atoms with Gasteiger partial charge in [-0.1, -0.05) is 6.92 Å². The summed E-state index contributed by atoms with van der Waals surface area (Å²) in [6.07, 6.45) is 6.54. The molecule has 0 radical (unpaired) electrons. The highest BCUT2D eigenvalue weighted by Crippen LogP contribution is 2.32. The van der Waals surface area contributed by atoms with Gasteiger partial charge in [0.1, 0.15) is 16.3 Å². The van der Waals surface area contributed by atoms with Gasteiger partial charge in [0.05, 0.1) is 23.1 Å². The van der Waals surface area contributed by atoms with E-state index >= 15 is 0 Å². The molecule has 0 N–H and O–H groups in total. The zero-order valence-corrected chi connectivity index (χ0v) is 13.8. The minimum absolute atomic E-state index is 0.110. The fourth-order valence-corrected chi connectivity index (χ4v) is 3.50. The molecular weight excluding hydrogens is 304 g/mol. The topological polar surface area (TPSA) is 43.6 Å². The molecular formula is C15H17ClN4S. The SMILES string of the molecule is CCc1cnc(C(C)n2c(C(C)Cl)nc3cnccc32)s1. The van der Waals surface area contributed by atoms with Crippen molar-refractivity contribution < 1.29 is 0 Å². The first-order valence-electron chi connectivity index (χ1n) is 7.02. The van der Waals surface area contributed by atoms with Crippen molar-refractivity contribution in [3.8, 4) is 0 Å².